The van der Waals surface area contributed by atoms with Gasteiger partial charge in [-0.1, -0.05) is 0 Å². The van der Waals surface area contributed by atoms with E-state index >= 15 is 0 Å². The summed E-state index contributed by atoms with van der Waals surface area (Å²) in [6.45, 7) is 0.337. The molecule has 21 heavy (non-hydrogen) atoms. The molecule has 0 aromatic carbocycles. The molecule has 0 radical (unpaired) electrons. The Kier molecular flexibility index (Phi) is 4.68. The van der Waals surface area contributed by atoms with E-state index in [4.69, 9.17) is 5.11 Å². The van der Waals surface area contributed by atoms with Crippen LogP contribution < -0.4 is 10.9 Å². The largest absolute Gasteiger partial charge is 0.478 e. The molecule has 0 fully saturated rings. The van der Waals surface area contributed by atoms with Crippen molar-refractivity contribution in [3.05, 3.63) is 62.2 Å². The van der Waals surface area contributed by atoms with E-state index in [0.717, 1.165) is 16.5 Å². The topological polar surface area (TPSA) is 99.3 Å². The highest BCUT2D eigenvalue weighted by molar-refractivity contribution is 7.10. The van der Waals surface area contributed by atoms with Crippen LogP contribution >= 0.6 is 11.3 Å². The number of nitrogens with one attached hydrogen (secondary N) is 2. The van der Waals surface area contributed by atoms with Crippen molar-refractivity contribution >= 4 is 29.3 Å². The summed E-state index contributed by atoms with van der Waals surface area (Å²) in [5, 5.41) is 13.1. The van der Waals surface area contributed by atoms with Crippen molar-refractivity contribution in [2.24, 2.45) is 0 Å². The van der Waals surface area contributed by atoms with Gasteiger partial charge in [-0.05, 0) is 29.2 Å². The van der Waals surface area contributed by atoms with E-state index in [1.807, 2.05) is 0 Å². The van der Waals surface area contributed by atoms with Gasteiger partial charge in [0.15, 0.2) is 0 Å². The Morgan fingerprint density at radius 3 is 2.86 bits per heavy atom. The van der Waals surface area contributed by atoms with Crippen molar-refractivity contribution in [1.82, 2.24) is 10.3 Å². The van der Waals surface area contributed by atoms with Gasteiger partial charge in [0.1, 0.15) is 0 Å². The Bertz CT molecular complexity index is 725. The maximum absolute atomic E-state index is 11.8. The molecule has 0 aliphatic heterocycles. The van der Waals surface area contributed by atoms with Crippen LogP contribution in [0.2, 0.25) is 0 Å². The summed E-state index contributed by atoms with van der Waals surface area (Å²) in [5.41, 5.74) is 0.882. The minimum absolute atomic E-state index is 0.264. The molecule has 108 valence electrons. The summed E-state index contributed by atoms with van der Waals surface area (Å²) in [5.74, 6) is -1.29. The minimum atomic E-state index is -1.01. The predicted octanol–water partition coefficient (Wildman–Crippen LogP) is 1.46. The summed E-state index contributed by atoms with van der Waals surface area (Å²) < 4.78 is 0. The molecule has 2 heterocycles. The number of thiophene rings is 1. The van der Waals surface area contributed by atoms with Gasteiger partial charge in [-0.3, -0.25) is 9.59 Å². The molecular formula is C14H12N2O4S. The van der Waals surface area contributed by atoms with Crippen molar-refractivity contribution in [2.75, 3.05) is 0 Å². The standard InChI is InChI=1S/C14H12N2O4S/c17-12-3-2-10(6-15-12)14(20)16-7-11-5-9(8-21-11)1-4-13(18)19/h1-6,8H,7H2,(H,15,17)(H,16,20)(H,18,19)/b4-1+. The van der Waals surface area contributed by atoms with Gasteiger partial charge in [-0.15, -0.1) is 11.3 Å². The van der Waals surface area contributed by atoms with Gasteiger partial charge >= 0.3 is 5.97 Å². The second kappa shape index (κ2) is 6.67. The van der Waals surface area contributed by atoms with E-state index in [1.165, 1.54) is 35.7 Å². The molecule has 3 N–H and O–H groups in total. The maximum Gasteiger partial charge on any atom is 0.328 e. The van der Waals surface area contributed by atoms with Crippen LogP contribution in [0.3, 0.4) is 0 Å². The number of carbonyl (C=O) groups excluding carboxylic acids is 1. The molecule has 0 bridgehead atoms. The van der Waals surface area contributed by atoms with Crippen molar-refractivity contribution in [1.29, 1.82) is 0 Å². The fraction of sp³-hybridized carbons (Fsp3) is 0.0714. The highest BCUT2D eigenvalue weighted by Gasteiger charge is 2.06. The number of H-pyrrole nitrogens is 1. The summed E-state index contributed by atoms with van der Waals surface area (Å²) in [7, 11) is 0. The fourth-order valence-corrected chi connectivity index (χ4v) is 2.36. The fourth-order valence-electron chi connectivity index (χ4n) is 1.57. The molecule has 6 nitrogen and oxygen atoms in total. The smallest absolute Gasteiger partial charge is 0.328 e. The van der Waals surface area contributed by atoms with Crippen LogP contribution in [0.5, 0.6) is 0 Å². The number of aliphatic carboxylic acids is 1. The summed E-state index contributed by atoms with van der Waals surface area (Å²) >= 11 is 1.42. The van der Waals surface area contributed by atoms with Crippen LogP contribution in [0.25, 0.3) is 6.08 Å². The molecule has 2 aromatic heterocycles. The van der Waals surface area contributed by atoms with Crippen LogP contribution in [0.4, 0.5) is 0 Å². The molecule has 0 unspecified atom stereocenters. The van der Waals surface area contributed by atoms with Crippen LogP contribution in [0, 0.1) is 0 Å². The van der Waals surface area contributed by atoms with Gasteiger partial charge in [0.05, 0.1) is 12.1 Å². The first-order valence-electron chi connectivity index (χ1n) is 6.00. The van der Waals surface area contributed by atoms with E-state index in [9.17, 15) is 14.4 Å². The molecule has 0 aliphatic carbocycles. The molecule has 2 rings (SSSR count). The summed E-state index contributed by atoms with van der Waals surface area (Å²) in [6.07, 6.45) is 3.91. The molecular weight excluding hydrogens is 292 g/mol. The van der Waals surface area contributed by atoms with E-state index in [2.05, 4.69) is 10.3 Å². The van der Waals surface area contributed by atoms with Crippen LogP contribution in [-0.2, 0) is 11.3 Å². The Hall–Kier alpha value is -2.67. The lowest BCUT2D eigenvalue weighted by Crippen LogP contribution is -2.23. The molecule has 0 atom stereocenters. The molecule has 1 amide bonds. The first-order valence-corrected chi connectivity index (χ1v) is 6.88. The number of carboxylic acid groups (broad SMARTS) is 1. The number of amides is 1. The van der Waals surface area contributed by atoms with Crippen LogP contribution in [-0.4, -0.2) is 22.0 Å². The summed E-state index contributed by atoms with van der Waals surface area (Å²) in [6, 6.07) is 4.54. The van der Waals surface area contributed by atoms with Gasteiger partial charge in [0.25, 0.3) is 5.91 Å². The third kappa shape index (κ3) is 4.43. The van der Waals surface area contributed by atoms with Gasteiger partial charge in [-0.2, -0.15) is 0 Å². The molecule has 0 saturated heterocycles. The van der Waals surface area contributed by atoms with E-state index in [1.54, 1.807) is 11.4 Å². The Labute approximate surface area is 123 Å². The number of hydrogen-bond donors (Lipinski definition) is 3. The van der Waals surface area contributed by atoms with E-state index < -0.39 is 5.97 Å². The minimum Gasteiger partial charge on any atom is -0.478 e. The number of aromatic amines is 1. The first kappa shape index (κ1) is 14.7. The lowest BCUT2D eigenvalue weighted by atomic mass is 10.2. The highest BCUT2D eigenvalue weighted by Crippen LogP contribution is 2.16. The monoisotopic (exact) mass is 304 g/mol. The quantitative estimate of drug-likeness (QED) is 0.728. The number of hydrogen-bond acceptors (Lipinski definition) is 4. The highest BCUT2D eigenvalue weighted by atomic mass is 32.1. The zero-order valence-corrected chi connectivity index (χ0v) is 11.6. The van der Waals surface area contributed by atoms with Crippen molar-refractivity contribution < 1.29 is 14.7 Å². The Balaban J connectivity index is 1.94. The average Bonchev–Trinajstić information content (AvgIpc) is 2.91. The third-order valence-electron chi connectivity index (χ3n) is 2.56. The lowest BCUT2D eigenvalue weighted by molar-refractivity contribution is -0.131. The first-order chi connectivity index (χ1) is 10.0. The van der Waals surface area contributed by atoms with Crippen molar-refractivity contribution in [3.63, 3.8) is 0 Å². The third-order valence-corrected chi connectivity index (χ3v) is 3.52. The second-order valence-corrected chi connectivity index (χ2v) is 5.14. The average molecular weight is 304 g/mol. The molecule has 0 saturated carbocycles. The lowest BCUT2D eigenvalue weighted by Gasteiger charge is -2.02. The summed E-state index contributed by atoms with van der Waals surface area (Å²) in [4.78, 5) is 36.5. The Morgan fingerprint density at radius 1 is 1.38 bits per heavy atom. The van der Waals surface area contributed by atoms with Crippen molar-refractivity contribution in [3.8, 4) is 0 Å². The molecule has 0 aliphatic rings. The number of carbonyl (C=O) groups is 2. The Morgan fingerprint density at radius 2 is 2.19 bits per heavy atom. The maximum atomic E-state index is 11.8. The van der Waals surface area contributed by atoms with Crippen molar-refractivity contribution in [2.45, 2.75) is 6.54 Å². The predicted molar refractivity (Wildman–Crippen MR) is 79.2 cm³/mol. The van der Waals surface area contributed by atoms with Gasteiger partial charge in [0.2, 0.25) is 5.56 Å². The zero-order chi connectivity index (χ0) is 15.2. The molecule has 2 aromatic rings. The van der Waals surface area contributed by atoms with E-state index in [0.29, 0.717) is 12.1 Å². The number of pyridine rings is 1. The normalized spacial score (nSPS) is 10.7. The molecule has 0 spiro atoms. The SMILES string of the molecule is O=C(O)/C=C/c1csc(CNC(=O)c2ccc(=O)[nH]c2)c1. The van der Waals surface area contributed by atoms with E-state index in [-0.39, 0.29) is 11.5 Å². The molecule has 7 heteroatoms. The van der Waals surface area contributed by atoms with Crippen LogP contribution in [0.1, 0.15) is 20.8 Å². The van der Waals surface area contributed by atoms with Crippen LogP contribution in [0.15, 0.2) is 40.6 Å². The number of aromatic nitrogens is 1. The van der Waals surface area contributed by atoms with Gasteiger partial charge in [0, 0.05) is 23.2 Å². The zero-order valence-electron chi connectivity index (χ0n) is 10.8. The van der Waals surface area contributed by atoms with Gasteiger partial charge in [-0.25, -0.2) is 4.79 Å². The second-order valence-electron chi connectivity index (χ2n) is 4.14. The number of carboxylic acids is 1. The number of rotatable bonds is 5. The van der Waals surface area contributed by atoms with Gasteiger partial charge < -0.3 is 15.4 Å².